The number of amides is 1. The van der Waals surface area contributed by atoms with E-state index >= 15 is 0 Å². The van der Waals surface area contributed by atoms with E-state index in [1.807, 2.05) is 17.0 Å². The molecular weight excluding hydrogens is 280 g/mol. The molecule has 0 N–H and O–H groups in total. The molecule has 3 rings (SSSR count). The quantitative estimate of drug-likeness (QED) is 0.836. The summed E-state index contributed by atoms with van der Waals surface area (Å²) >= 11 is 0. The fourth-order valence-corrected chi connectivity index (χ4v) is 3.19. The number of ether oxygens (including phenoxy) is 2. The van der Waals surface area contributed by atoms with Gasteiger partial charge in [0.15, 0.2) is 11.5 Å². The Morgan fingerprint density at radius 1 is 1.18 bits per heavy atom. The Kier molecular flexibility index (Phi) is 4.32. The van der Waals surface area contributed by atoms with Crippen LogP contribution in [0.25, 0.3) is 0 Å². The molecule has 0 atom stereocenters. The lowest BCUT2D eigenvalue weighted by atomic mass is 9.95. The molecule has 0 spiro atoms. The maximum absolute atomic E-state index is 11.7. The molecule has 1 saturated heterocycles. The summed E-state index contributed by atoms with van der Waals surface area (Å²) in [6.07, 6.45) is 3.39. The molecular formula is C17H22N2O3. The van der Waals surface area contributed by atoms with Crippen LogP contribution < -0.4 is 9.47 Å². The van der Waals surface area contributed by atoms with Crippen molar-refractivity contribution in [2.24, 2.45) is 4.99 Å². The number of benzene rings is 1. The normalized spacial score (nSPS) is 17.3. The molecule has 0 radical (unpaired) electrons. The number of rotatable bonds is 5. The van der Waals surface area contributed by atoms with Crippen LogP contribution in [0.5, 0.6) is 11.5 Å². The third-order valence-electron chi connectivity index (χ3n) is 4.39. The Hall–Kier alpha value is -2.04. The van der Waals surface area contributed by atoms with Crippen molar-refractivity contribution in [1.29, 1.82) is 0 Å². The van der Waals surface area contributed by atoms with Crippen molar-refractivity contribution in [2.75, 3.05) is 33.9 Å². The predicted molar refractivity (Wildman–Crippen MR) is 85.1 cm³/mol. The van der Waals surface area contributed by atoms with Crippen LogP contribution in [-0.4, -0.2) is 50.4 Å². The van der Waals surface area contributed by atoms with Crippen LogP contribution in [0.4, 0.5) is 0 Å². The Balaban J connectivity index is 1.80. The Labute approximate surface area is 130 Å². The van der Waals surface area contributed by atoms with E-state index in [0.717, 1.165) is 61.7 Å². The van der Waals surface area contributed by atoms with Crippen molar-refractivity contribution in [3.8, 4) is 11.5 Å². The number of carbonyl (C=O) groups is 1. The monoisotopic (exact) mass is 302 g/mol. The number of hydrogen-bond acceptors (Lipinski definition) is 4. The third kappa shape index (κ3) is 2.80. The van der Waals surface area contributed by atoms with Crippen LogP contribution in [0, 0.1) is 0 Å². The molecule has 1 fully saturated rings. The maximum atomic E-state index is 11.7. The van der Waals surface area contributed by atoms with Gasteiger partial charge in [0.2, 0.25) is 5.91 Å². The van der Waals surface area contributed by atoms with E-state index in [1.165, 1.54) is 5.56 Å². The second-order valence-electron chi connectivity index (χ2n) is 5.68. The van der Waals surface area contributed by atoms with Crippen molar-refractivity contribution in [3.05, 3.63) is 23.3 Å². The first-order chi connectivity index (χ1) is 10.7. The average molecular weight is 302 g/mol. The molecule has 1 amide bonds. The highest BCUT2D eigenvalue weighted by atomic mass is 16.5. The summed E-state index contributed by atoms with van der Waals surface area (Å²) in [4.78, 5) is 18.3. The van der Waals surface area contributed by atoms with Gasteiger partial charge >= 0.3 is 0 Å². The minimum Gasteiger partial charge on any atom is -0.493 e. The number of likely N-dealkylation sites (tertiary alicyclic amines) is 1. The molecule has 0 bridgehead atoms. The summed E-state index contributed by atoms with van der Waals surface area (Å²) in [5, 5.41) is 0. The van der Waals surface area contributed by atoms with Gasteiger partial charge in [-0.3, -0.25) is 9.79 Å². The summed E-state index contributed by atoms with van der Waals surface area (Å²) in [5.41, 5.74) is 3.45. The van der Waals surface area contributed by atoms with Crippen molar-refractivity contribution in [3.63, 3.8) is 0 Å². The van der Waals surface area contributed by atoms with E-state index in [2.05, 4.69) is 4.99 Å². The highest BCUT2D eigenvalue weighted by Crippen LogP contribution is 2.33. The van der Waals surface area contributed by atoms with Gasteiger partial charge in [-0.05, 0) is 30.5 Å². The average Bonchev–Trinajstić information content (AvgIpc) is 2.96. The second kappa shape index (κ2) is 6.38. The Morgan fingerprint density at radius 3 is 2.64 bits per heavy atom. The van der Waals surface area contributed by atoms with Gasteiger partial charge in [0.05, 0.1) is 14.2 Å². The summed E-state index contributed by atoms with van der Waals surface area (Å²) in [6.45, 7) is 2.43. The molecule has 2 heterocycles. The standard InChI is InChI=1S/C17H22N2O3/c1-21-15-10-12-5-7-18-14(13(12)11-16(15)22-2)6-9-19-8-3-4-17(19)20/h10-11H,3-9H2,1-2H3. The van der Waals surface area contributed by atoms with Gasteiger partial charge in [-0.1, -0.05) is 0 Å². The molecule has 5 heteroatoms. The van der Waals surface area contributed by atoms with Gasteiger partial charge in [-0.15, -0.1) is 0 Å². The van der Waals surface area contributed by atoms with Crippen LogP contribution in [-0.2, 0) is 11.2 Å². The number of fused-ring (bicyclic) bond motifs is 1. The molecule has 0 saturated carbocycles. The highest BCUT2D eigenvalue weighted by molar-refractivity contribution is 6.03. The molecule has 2 aliphatic rings. The molecule has 22 heavy (non-hydrogen) atoms. The van der Waals surface area contributed by atoms with E-state index in [4.69, 9.17) is 9.47 Å². The molecule has 1 aromatic rings. The topological polar surface area (TPSA) is 51.1 Å². The fraction of sp³-hybridized carbons (Fsp3) is 0.529. The van der Waals surface area contributed by atoms with E-state index in [0.29, 0.717) is 6.42 Å². The van der Waals surface area contributed by atoms with Crippen molar-refractivity contribution < 1.29 is 14.3 Å². The lowest BCUT2D eigenvalue weighted by molar-refractivity contribution is -0.127. The third-order valence-corrected chi connectivity index (χ3v) is 4.39. The summed E-state index contributed by atoms with van der Waals surface area (Å²) < 4.78 is 10.8. The fourth-order valence-electron chi connectivity index (χ4n) is 3.19. The highest BCUT2D eigenvalue weighted by Gasteiger charge is 2.22. The lowest BCUT2D eigenvalue weighted by Crippen LogP contribution is -2.28. The lowest BCUT2D eigenvalue weighted by Gasteiger charge is -2.22. The Morgan fingerprint density at radius 2 is 1.95 bits per heavy atom. The zero-order chi connectivity index (χ0) is 15.5. The minimum atomic E-state index is 0.268. The molecule has 2 aliphatic heterocycles. The van der Waals surface area contributed by atoms with Crippen LogP contribution in [0.1, 0.15) is 30.4 Å². The second-order valence-corrected chi connectivity index (χ2v) is 5.68. The van der Waals surface area contributed by atoms with Gasteiger partial charge < -0.3 is 14.4 Å². The smallest absolute Gasteiger partial charge is 0.222 e. The van der Waals surface area contributed by atoms with Gasteiger partial charge in [0.25, 0.3) is 0 Å². The van der Waals surface area contributed by atoms with Crippen LogP contribution in [0.2, 0.25) is 0 Å². The predicted octanol–water partition coefficient (Wildman–Crippen LogP) is 2.06. The van der Waals surface area contributed by atoms with E-state index < -0.39 is 0 Å². The largest absolute Gasteiger partial charge is 0.493 e. The van der Waals surface area contributed by atoms with E-state index in [9.17, 15) is 4.79 Å². The zero-order valence-electron chi connectivity index (χ0n) is 13.2. The van der Waals surface area contributed by atoms with Gasteiger partial charge in [-0.25, -0.2) is 0 Å². The molecule has 5 nitrogen and oxygen atoms in total. The maximum Gasteiger partial charge on any atom is 0.222 e. The van der Waals surface area contributed by atoms with Crippen LogP contribution >= 0.6 is 0 Å². The summed E-state index contributed by atoms with van der Waals surface area (Å²) in [6, 6.07) is 4.06. The molecule has 0 unspecified atom stereocenters. The summed E-state index contributed by atoms with van der Waals surface area (Å²) in [7, 11) is 3.30. The first-order valence-electron chi connectivity index (χ1n) is 7.79. The number of methoxy groups -OCH3 is 2. The van der Waals surface area contributed by atoms with Crippen molar-refractivity contribution >= 4 is 11.6 Å². The first-order valence-corrected chi connectivity index (χ1v) is 7.79. The number of hydrogen-bond donors (Lipinski definition) is 0. The molecule has 1 aromatic carbocycles. The molecule has 0 aromatic heterocycles. The Bertz CT molecular complexity index is 610. The summed E-state index contributed by atoms with van der Waals surface area (Å²) in [5.74, 6) is 1.76. The number of aliphatic imine (C=N–C) groups is 1. The molecule has 118 valence electrons. The number of nitrogens with zero attached hydrogens (tertiary/aromatic N) is 2. The van der Waals surface area contributed by atoms with Gasteiger partial charge in [0, 0.05) is 43.8 Å². The molecule has 0 aliphatic carbocycles. The van der Waals surface area contributed by atoms with Crippen molar-refractivity contribution in [2.45, 2.75) is 25.7 Å². The van der Waals surface area contributed by atoms with Crippen molar-refractivity contribution in [1.82, 2.24) is 4.90 Å². The zero-order valence-corrected chi connectivity index (χ0v) is 13.2. The minimum absolute atomic E-state index is 0.268. The first kappa shape index (κ1) is 14.9. The van der Waals surface area contributed by atoms with Gasteiger partial charge in [-0.2, -0.15) is 0 Å². The van der Waals surface area contributed by atoms with Crippen LogP contribution in [0.3, 0.4) is 0 Å². The van der Waals surface area contributed by atoms with E-state index in [1.54, 1.807) is 14.2 Å². The SMILES string of the molecule is COc1cc2c(cc1OC)C(CCN1CCCC1=O)=NCC2. The van der Waals surface area contributed by atoms with Crippen LogP contribution in [0.15, 0.2) is 17.1 Å². The van der Waals surface area contributed by atoms with Gasteiger partial charge in [0.1, 0.15) is 0 Å². The van der Waals surface area contributed by atoms with E-state index in [-0.39, 0.29) is 5.91 Å². The number of carbonyl (C=O) groups excluding carboxylic acids is 1.